The number of nitrogens with one attached hydrogen (secondary N) is 1. The fraction of sp³-hybridized carbons (Fsp3) is 0.818. The topological polar surface area (TPSA) is 30.5 Å². The highest BCUT2D eigenvalue weighted by Crippen LogP contribution is 2.18. The maximum Gasteiger partial charge on any atom is 0.170 e. The molecule has 0 amide bonds. The van der Waals surface area contributed by atoms with Crippen molar-refractivity contribution in [2.45, 2.75) is 51.7 Å². The highest BCUT2D eigenvalue weighted by atomic mass is 16.7. The number of hydrogen-bond donors (Lipinski definition) is 1. The second-order valence-corrected chi connectivity index (χ2v) is 4.26. The van der Waals surface area contributed by atoms with Crippen LogP contribution < -0.4 is 5.32 Å². The zero-order valence-corrected chi connectivity index (χ0v) is 9.33. The molecule has 0 saturated carbocycles. The molecule has 1 heterocycles. The summed E-state index contributed by atoms with van der Waals surface area (Å²) in [5, 5.41) is 3.21. The first-order valence-electron chi connectivity index (χ1n) is 4.98. The number of hydrogen-bond acceptors (Lipinski definition) is 3. The molecule has 1 N–H and O–H groups in total. The Morgan fingerprint density at radius 3 is 2.21 bits per heavy atom. The lowest BCUT2D eigenvalue weighted by atomic mass is 10.1. The van der Waals surface area contributed by atoms with Crippen molar-refractivity contribution in [3.05, 3.63) is 0 Å². The third-order valence-electron chi connectivity index (χ3n) is 2.47. The summed E-state index contributed by atoms with van der Waals surface area (Å²) in [5.41, 5.74) is -0.304. The van der Waals surface area contributed by atoms with Gasteiger partial charge in [-0.15, -0.1) is 6.42 Å². The molecule has 3 nitrogen and oxygen atoms in total. The molecule has 0 bridgehead atoms. The Hall–Kier alpha value is -0.560. The van der Waals surface area contributed by atoms with Crippen LogP contribution in [0.25, 0.3) is 0 Å². The second-order valence-electron chi connectivity index (χ2n) is 4.26. The van der Waals surface area contributed by atoms with E-state index in [9.17, 15) is 0 Å². The molecule has 2 atom stereocenters. The molecule has 0 aromatic heterocycles. The molecule has 0 aromatic carbocycles. The zero-order valence-electron chi connectivity index (χ0n) is 9.33. The van der Waals surface area contributed by atoms with Crippen molar-refractivity contribution < 1.29 is 9.47 Å². The van der Waals surface area contributed by atoms with Crippen molar-refractivity contribution in [2.24, 2.45) is 0 Å². The van der Waals surface area contributed by atoms with Crippen molar-refractivity contribution in [2.75, 3.05) is 6.54 Å². The minimum absolute atomic E-state index is 0.163. The van der Waals surface area contributed by atoms with Gasteiger partial charge in [-0.25, -0.2) is 0 Å². The SMILES string of the molecule is C#CC(C)(C)NCC1OC(C)C(C)O1. The van der Waals surface area contributed by atoms with Crippen LogP contribution in [-0.2, 0) is 9.47 Å². The molecule has 1 aliphatic heterocycles. The zero-order chi connectivity index (χ0) is 10.8. The summed E-state index contributed by atoms with van der Waals surface area (Å²) in [7, 11) is 0. The summed E-state index contributed by atoms with van der Waals surface area (Å²) in [5.74, 6) is 2.67. The predicted molar refractivity (Wildman–Crippen MR) is 55.8 cm³/mol. The van der Waals surface area contributed by atoms with Gasteiger partial charge in [0.1, 0.15) is 0 Å². The molecule has 1 aliphatic rings. The van der Waals surface area contributed by atoms with Crippen LogP contribution >= 0.6 is 0 Å². The fourth-order valence-electron chi connectivity index (χ4n) is 1.22. The van der Waals surface area contributed by atoms with E-state index in [4.69, 9.17) is 15.9 Å². The van der Waals surface area contributed by atoms with Crippen molar-refractivity contribution in [1.82, 2.24) is 5.32 Å². The molecular weight excluding hydrogens is 178 g/mol. The smallest absolute Gasteiger partial charge is 0.170 e. The van der Waals surface area contributed by atoms with E-state index in [-0.39, 0.29) is 24.0 Å². The van der Waals surface area contributed by atoms with Crippen LogP contribution in [0.1, 0.15) is 27.7 Å². The van der Waals surface area contributed by atoms with Crippen molar-refractivity contribution in [1.29, 1.82) is 0 Å². The monoisotopic (exact) mass is 197 g/mol. The first-order chi connectivity index (χ1) is 6.44. The predicted octanol–water partition coefficient (Wildman–Crippen LogP) is 1.14. The lowest BCUT2D eigenvalue weighted by Crippen LogP contribution is -2.42. The average molecular weight is 197 g/mol. The maximum atomic E-state index is 5.56. The Labute approximate surface area is 86.2 Å². The van der Waals surface area contributed by atoms with Gasteiger partial charge in [0.2, 0.25) is 0 Å². The van der Waals surface area contributed by atoms with Gasteiger partial charge in [-0.3, -0.25) is 5.32 Å². The van der Waals surface area contributed by atoms with Crippen LogP contribution in [0.5, 0.6) is 0 Å². The summed E-state index contributed by atoms with van der Waals surface area (Å²) in [6.07, 6.45) is 5.50. The third kappa shape index (κ3) is 2.98. The molecule has 0 aromatic rings. The van der Waals surface area contributed by atoms with Gasteiger partial charge in [0.15, 0.2) is 6.29 Å². The van der Waals surface area contributed by atoms with E-state index >= 15 is 0 Å². The normalized spacial score (nSPS) is 32.9. The van der Waals surface area contributed by atoms with Gasteiger partial charge < -0.3 is 9.47 Å². The van der Waals surface area contributed by atoms with Crippen LogP contribution in [0.4, 0.5) is 0 Å². The van der Waals surface area contributed by atoms with Gasteiger partial charge in [-0.05, 0) is 27.7 Å². The Balaban J connectivity index is 2.31. The van der Waals surface area contributed by atoms with E-state index < -0.39 is 0 Å². The summed E-state index contributed by atoms with van der Waals surface area (Å²) in [4.78, 5) is 0. The Morgan fingerprint density at radius 2 is 1.79 bits per heavy atom. The summed E-state index contributed by atoms with van der Waals surface area (Å²) in [6, 6.07) is 0. The fourth-order valence-corrected chi connectivity index (χ4v) is 1.22. The van der Waals surface area contributed by atoms with Crippen LogP contribution in [0.2, 0.25) is 0 Å². The van der Waals surface area contributed by atoms with Crippen molar-refractivity contribution in [3.8, 4) is 12.3 Å². The quantitative estimate of drug-likeness (QED) is 0.688. The molecule has 1 rings (SSSR count). The summed E-state index contributed by atoms with van der Waals surface area (Å²) < 4.78 is 11.1. The highest BCUT2D eigenvalue weighted by Gasteiger charge is 2.30. The van der Waals surface area contributed by atoms with Gasteiger partial charge in [0.25, 0.3) is 0 Å². The number of terminal acetylenes is 1. The van der Waals surface area contributed by atoms with Gasteiger partial charge in [-0.1, -0.05) is 5.92 Å². The minimum Gasteiger partial charge on any atom is -0.346 e. The van der Waals surface area contributed by atoms with Gasteiger partial charge in [-0.2, -0.15) is 0 Å². The maximum absolute atomic E-state index is 5.56. The standard InChI is InChI=1S/C11H19NO2/c1-6-11(4,5)12-7-10-13-8(2)9(3)14-10/h1,8-10,12H,7H2,2-5H3. The minimum atomic E-state index is -0.304. The van der Waals surface area contributed by atoms with Crippen LogP contribution in [-0.4, -0.2) is 30.6 Å². The van der Waals surface area contributed by atoms with Crippen LogP contribution in [0, 0.1) is 12.3 Å². The molecule has 80 valence electrons. The number of ether oxygens (including phenoxy) is 2. The van der Waals surface area contributed by atoms with E-state index in [0.717, 1.165) is 0 Å². The van der Waals surface area contributed by atoms with Crippen molar-refractivity contribution >= 4 is 0 Å². The first kappa shape index (κ1) is 11.5. The Bertz CT molecular complexity index is 222. The molecule has 1 fully saturated rings. The van der Waals surface area contributed by atoms with Gasteiger partial charge in [0, 0.05) is 6.54 Å². The number of rotatable bonds is 3. The average Bonchev–Trinajstić information content (AvgIpc) is 2.44. The van der Waals surface area contributed by atoms with E-state index in [0.29, 0.717) is 6.54 Å². The molecule has 2 unspecified atom stereocenters. The highest BCUT2D eigenvalue weighted by molar-refractivity contribution is 5.07. The van der Waals surface area contributed by atoms with Crippen LogP contribution in [0.3, 0.4) is 0 Å². The Morgan fingerprint density at radius 1 is 1.29 bits per heavy atom. The molecular formula is C11H19NO2. The lowest BCUT2D eigenvalue weighted by molar-refractivity contribution is -0.0616. The van der Waals surface area contributed by atoms with Gasteiger partial charge in [0.05, 0.1) is 17.7 Å². The molecule has 0 radical (unpaired) electrons. The largest absolute Gasteiger partial charge is 0.346 e. The van der Waals surface area contributed by atoms with E-state index in [2.05, 4.69) is 11.2 Å². The third-order valence-corrected chi connectivity index (χ3v) is 2.47. The van der Waals surface area contributed by atoms with E-state index in [1.165, 1.54) is 0 Å². The van der Waals surface area contributed by atoms with Gasteiger partial charge >= 0.3 is 0 Å². The Kier molecular flexibility index (Phi) is 3.54. The lowest BCUT2D eigenvalue weighted by Gasteiger charge is -2.21. The van der Waals surface area contributed by atoms with E-state index in [1.807, 2.05) is 27.7 Å². The molecule has 0 spiro atoms. The molecule has 1 saturated heterocycles. The molecule has 14 heavy (non-hydrogen) atoms. The second kappa shape index (κ2) is 4.31. The summed E-state index contributed by atoms with van der Waals surface area (Å²) >= 11 is 0. The first-order valence-corrected chi connectivity index (χ1v) is 4.98. The van der Waals surface area contributed by atoms with Crippen molar-refractivity contribution in [3.63, 3.8) is 0 Å². The van der Waals surface area contributed by atoms with E-state index in [1.54, 1.807) is 0 Å². The summed E-state index contributed by atoms with van der Waals surface area (Å²) in [6.45, 7) is 8.56. The molecule has 3 heteroatoms. The molecule has 0 aliphatic carbocycles. The van der Waals surface area contributed by atoms with Crippen LogP contribution in [0.15, 0.2) is 0 Å².